The van der Waals surface area contributed by atoms with Crippen LogP contribution in [0.2, 0.25) is 0 Å². The number of hydrogen-bond acceptors (Lipinski definition) is 6. The number of piperidine rings is 1. The van der Waals surface area contributed by atoms with Gasteiger partial charge in [0.25, 0.3) is 5.91 Å². The van der Waals surface area contributed by atoms with Crippen molar-refractivity contribution in [1.82, 2.24) is 15.2 Å². The third-order valence-electron chi connectivity index (χ3n) is 4.45. The zero-order valence-electron chi connectivity index (χ0n) is 15.3. The van der Waals surface area contributed by atoms with Gasteiger partial charge in [0.15, 0.2) is 11.5 Å². The molecule has 2 aromatic rings. The molecule has 0 unspecified atom stereocenters. The monoisotopic (exact) mass is 433 g/mol. The Morgan fingerprint density at radius 2 is 2.04 bits per heavy atom. The van der Waals surface area contributed by atoms with E-state index in [9.17, 15) is 4.79 Å². The van der Waals surface area contributed by atoms with Crippen LogP contribution in [0.1, 0.15) is 28.9 Å². The summed E-state index contributed by atoms with van der Waals surface area (Å²) in [5.41, 5.74) is 3.26. The summed E-state index contributed by atoms with van der Waals surface area (Å²) in [6.45, 7) is 2.28. The topological polar surface area (TPSA) is 63.7 Å². The zero-order chi connectivity index (χ0) is 17.6. The minimum absolute atomic E-state index is 0. The van der Waals surface area contributed by atoms with Gasteiger partial charge in [-0.3, -0.25) is 4.79 Å². The van der Waals surface area contributed by atoms with E-state index in [4.69, 9.17) is 9.47 Å². The second-order valence-electron chi connectivity index (χ2n) is 6.03. The summed E-state index contributed by atoms with van der Waals surface area (Å²) in [5.74, 6) is 1.17. The summed E-state index contributed by atoms with van der Waals surface area (Å²) in [4.78, 5) is 18.8. The highest BCUT2D eigenvalue weighted by Gasteiger charge is 2.23. The number of amides is 1. The van der Waals surface area contributed by atoms with E-state index in [-0.39, 0.29) is 36.8 Å². The molecule has 6 nitrogen and oxygen atoms in total. The molecule has 1 aliphatic rings. The van der Waals surface area contributed by atoms with Gasteiger partial charge >= 0.3 is 0 Å². The highest BCUT2D eigenvalue weighted by atomic mass is 35.5. The van der Waals surface area contributed by atoms with Crippen LogP contribution in [0.5, 0.6) is 11.5 Å². The summed E-state index contributed by atoms with van der Waals surface area (Å²) < 4.78 is 11.2. The third kappa shape index (κ3) is 5.97. The normalized spacial score (nSPS) is 13.9. The minimum atomic E-state index is 0. The van der Waals surface area contributed by atoms with Gasteiger partial charge in [0.05, 0.1) is 18.3 Å². The Kier molecular flexibility index (Phi) is 9.87. The maximum Gasteiger partial charge on any atom is 0.253 e. The van der Waals surface area contributed by atoms with Crippen LogP contribution in [0, 0.1) is 0 Å². The highest BCUT2D eigenvalue weighted by molar-refractivity contribution is 7.07. The maximum atomic E-state index is 12.8. The average molecular weight is 434 g/mol. The number of nitrogens with one attached hydrogen (secondary N) is 1. The van der Waals surface area contributed by atoms with Crippen LogP contribution < -0.4 is 14.8 Å². The number of carbonyl (C=O) groups excluding carboxylic acids is 1. The molecule has 1 N–H and O–H groups in total. The van der Waals surface area contributed by atoms with Crippen LogP contribution in [0.25, 0.3) is 0 Å². The number of aromatic nitrogens is 1. The van der Waals surface area contributed by atoms with Crippen LogP contribution in [0.4, 0.5) is 0 Å². The molecular weight excluding hydrogens is 409 g/mol. The highest BCUT2D eigenvalue weighted by Crippen LogP contribution is 2.29. The van der Waals surface area contributed by atoms with Gasteiger partial charge in [-0.05, 0) is 44.1 Å². The van der Waals surface area contributed by atoms with Crippen molar-refractivity contribution in [1.29, 1.82) is 0 Å². The van der Waals surface area contributed by atoms with Crippen LogP contribution in [0.3, 0.4) is 0 Å². The first-order valence-electron chi connectivity index (χ1n) is 8.35. The van der Waals surface area contributed by atoms with Crippen molar-refractivity contribution in [3.8, 4) is 11.5 Å². The quantitative estimate of drug-likeness (QED) is 0.755. The number of carbonyl (C=O) groups is 1. The molecule has 0 aliphatic carbocycles. The van der Waals surface area contributed by atoms with Gasteiger partial charge in [0.2, 0.25) is 0 Å². The fourth-order valence-electron chi connectivity index (χ4n) is 2.94. The molecule has 0 atom stereocenters. The predicted molar refractivity (Wildman–Crippen MR) is 112 cm³/mol. The molecule has 9 heteroatoms. The molecule has 3 rings (SSSR count). The van der Waals surface area contributed by atoms with E-state index in [2.05, 4.69) is 10.3 Å². The second-order valence-corrected chi connectivity index (χ2v) is 6.75. The Morgan fingerprint density at radius 3 is 2.67 bits per heavy atom. The van der Waals surface area contributed by atoms with E-state index in [0.29, 0.717) is 23.7 Å². The second kappa shape index (κ2) is 11.3. The lowest BCUT2D eigenvalue weighted by molar-refractivity contribution is 0.0703. The Hall–Kier alpha value is -1.54. The first-order valence-corrected chi connectivity index (χ1v) is 9.29. The predicted octanol–water partition coefficient (Wildman–Crippen LogP) is 3.40. The smallest absolute Gasteiger partial charge is 0.253 e. The van der Waals surface area contributed by atoms with E-state index in [1.165, 1.54) is 11.3 Å². The van der Waals surface area contributed by atoms with Crippen molar-refractivity contribution >= 4 is 42.1 Å². The molecule has 150 valence electrons. The van der Waals surface area contributed by atoms with E-state index in [1.54, 1.807) is 30.8 Å². The molecule has 1 fully saturated rings. The lowest BCUT2D eigenvalue weighted by atomic mass is 10.0. The molecule has 27 heavy (non-hydrogen) atoms. The number of ether oxygens (including phenoxy) is 2. The Bertz CT molecular complexity index is 710. The number of methoxy groups -OCH3 is 1. The van der Waals surface area contributed by atoms with Gasteiger partial charge in [0.1, 0.15) is 6.61 Å². The Balaban J connectivity index is 0.00000182. The Labute approximate surface area is 176 Å². The van der Waals surface area contributed by atoms with E-state index in [1.807, 2.05) is 17.3 Å². The van der Waals surface area contributed by atoms with Gasteiger partial charge in [-0.2, -0.15) is 0 Å². The van der Waals surface area contributed by atoms with Crippen molar-refractivity contribution in [2.75, 3.05) is 27.2 Å². The molecule has 1 aromatic carbocycles. The third-order valence-corrected chi connectivity index (χ3v) is 5.08. The van der Waals surface area contributed by atoms with Crippen LogP contribution in [-0.2, 0) is 6.61 Å². The number of benzene rings is 1. The molecule has 2 heterocycles. The van der Waals surface area contributed by atoms with E-state index in [0.717, 1.165) is 31.6 Å². The van der Waals surface area contributed by atoms with Gasteiger partial charge in [-0.15, -0.1) is 36.2 Å². The van der Waals surface area contributed by atoms with E-state index >= 15 is 0 Å². The first kappa shape index (κ1) is 23.5. The summed E-state index contributed by atoms with van der Waals surface area (Å²) in [6.07, 6.45) is 1.96. The van der Waals surface area contributed by atoms with Crippen molar-refractivity contribution in [2.45, 2.75) is 25.5 Å². The molecular formula is C18H25Cl2N3O3S. The molecule has 1 aliphatic heterocycles. The van der Waals surface area contributed by atoms with Gasteiger partial charge < -0.3 is 19.7 Å². The lowest BCUT2D eigenvalue weighted by Crippen LogP contribution is -2.43. The molecule has 1 aromatic heterocycles. The first-order chi connectivity index (χ1) is 12.2. The van der Waals surface area contributed by atoms with Crippen LogP contribution in [0.15, 0.2) is 29.1 Å². The average Bonchev–Trinajstić information content (AvgIpc) is 3.19. The molecule has 0 bridgehead atoms. The van der Waals surface area contributed by atoms with Crippen molar-refractivity contribution in [3.05, 3.63) is 40.3 Å². The lowest BCUT2D eigenvalue weighted by Gasteiger charge is -2.31. The molecule has 0 spiro atoms. The molecule has 0 saturated carbocycles. The number of nitrogens with zero attached hydrogens (tertiary/aromatic N) is 2. The van der Waals surface area contributed by atoms with E-state index < -0.39 is 0 Å². The van der Waals surface area contributed by atoms with Crippen LogP contribution >= 0.6 is 36.2 Å². The fourth-order valence-corrected chi connectivity index (χ4v) is 3.49. The fraction of sp³-hybridized carbons (Fsp3) is 0.444. The molecule has 0 radical (unpaired) electrons. The number of thiazole rings is 1. The number of rotatable bonds is 6. The van der Waals surface area contributed by atoms with Crippen molar-refractivity contribution in [3.63, 3.8) is 0 Å². The summed E-state index contributed by atoms with van der Waals surface area (Å²) in [5, 5.41) is 5.26. The van der Waals surface area contributed by atoms with Crippen molar-refractivity contribution < 1.29 is 14.3 Å². The van der Waals surface area contributed by atoms with Gasteiger partial charge in [-0.25, -0.2) is 4.98 Å². The standard InChI is InChI=1S/C18H23N3O3S.2ClH/c1-21(15-5-7-19-8-6-15)18(22)13-3-4-16(17(9-13)23-2)24-10-14-11-25-12-20-14;;/h3-4,9,11-12,15,19H,5-8,10H2,1-2H3;2*1H. The summed E-state index contributed by atoms with van der Waals surface area (Å²) in [6, 6.07) is 5.60. The zero-order valence-corrected chi connectivity index (χ0v) is 17.8. The Morgan fingerprint density at radius 1 is 1.30 bits per heavy atom. The molecule has 1 amide bonds. The SMILES string of the molecule is COc1cc(C(=O)N(C)C2CCNCC2)ccc1OCc1cscn1.Cl.Cl. The minimum Gasteiger partial charge on any atom is -0.493 e. The largest absolute Gasteiger partial charge is 0.493 e. The molecule has 1 saturated heterocycles. The van der Waals surface area contributed by atoms with Gasteiger partial charge in [-0.1, -0.05) is 0 Å². The van der Waals surface area contributed by atoms with Crippen LogP contribution in [-0.4, -0.2) is 49.1 Å². The summed E-state index contributed by atoms with van der Waals surface area (Å²) in [7, 11) is 3.45. The number of halogens is 2. The number of hydrogen-bond donors (Lipinski definition) is 1. The van der Waals surface area contributed by atoms with Crippen molar-refractivity contribution in [2.24, 2.45) is 0 Å². The van der Waals surface area contributed by atoms with Gasteiger partial charge in [0, 0.05) is 24.0 Å². The maximum absolute atomic E-state index is 12.8. The summed E-state index contributed by atoms with van der Waals surface area (Å²) >= 11 is 1.53.